The number of para-hydroxylation sites is 6. The van der Waals surface area contributed by atoms with Gasteiger partial charge in [-0.25, -0.2) is 0 Å². The van der Waals surface area contributed by atoms with Gasteiger partial charge in [-0.3, -0.25) is 0 Å². The van der Waals surface area contributed by atoms with Crippen LogP contribution in [0.5, 0.6) is 0 Å². The summed E-state index contributed by atoms with van der Waals surface area (Å²) in [5.74, 6) is 0. The lowest BCUT2D eigenvalue weighted by Gasteiger charge is -2.26. The molecule has 0 fully saturated rings. The molecule has 302 valence electrons. The van der Waals surface area contributed by atoms with E-state index in [-0.39, 0.29) is 0 Å². The molecular weight excluding hydrogens is 777 g/mol. The van der Waals surface area contributed by atoms with Gasteiger partial charge >= 0.3 is 0 Å². The second-order valence-corrected chi connectivity index (χ2v) is 16.3. The molecule has 0 atom stereocenters. The summed E-state index contributed by atoms with van der Waals surface area (Å²) in [6, 6.07) is 89.3. The van der Waals surface area contributed by atoms with Crippen molar-refractivity contribution in [1.82, 2.24) is 9.13 Å². The monoisotopic (exact) mass is 818 g/mol. The third-order valence-corrected chi connectivity index (χ3v) is 12.5. The zero-order chi connectivity index (χ0) is 42.4. The molecule has 0 bridgehead atoms. The maximum atomic E-state index is 3.78. The zero-order valence-corrected chi connectivity index (χ0v) is 35.0. The normalized spacial score (nSPS) is 11.4. The Balaban J connectivity index is 0.925. The van der Waals surface area contributed by atoms with Crippen molar-refractivity contribution in [3.8, 4) is 33.6 Å². The lowest BCUT2D eigenvalue weighted by Crippen LogP contribution is -2.09. The molecule has 4 heteroatoms. The molecule has 64 heavy (non-hydrogen) atoms. The van der Waals surface area contributed by atoms with Crippen molar-refractivity contribution in [3.63, 3.8) is 0 Å². The van der Waals surface area contributed by atoms with E-state index >= 15 is 0 Å². The standard InChI is InChI=1S/C60H42N4/c1-5-17-45(18-6-1)61-56-40-55-52-26-14-16-28-58(52)64(48-23-11-4-12-24-48)60(55)41-53(56)44-31-29-42(30-32-44)43-33-35-49(36-34-43)62(46-19-7-2-8-20-46)50-37-38-59-54(39-50)51-25-13-15-27-57(51)63(59)47-21-9-3-10-22-47/h1-41,61H. The van der Waals surface area contributed by atoms with Crippen molar-refractivity contribution in [2.24, 2.45) is 0 Å². The highest BCUT2D eigenvalue weighted by molar-refractivity contribution is 6.13. The third-order valence-electron chi connectivity index (χ3n) is 12.5. The Morgan fingerprint density at radius 3 is 1.34 bits per heavy atom. The minimum atomic E-state index is 1.05. The van der Waals surface area contributed by atoms with E-state index in [9.17, 15) is 0 Å². The fourth-order valence-electron chi connectivity index (χ4n) is 9.51. The van der Waals surface area contributed by atoms with Crippen LogP contribution in [0.2, 0.25) is 0 Å². The highest BCUT2D eigenvalue weighted by Gasteiger charge is 2.19. The minimum Gasteiger partial charge on any atom is -0.355 e. The molecular formula is C60H42N4. The van der Waals surface area contributed by atoms with Crippen LogP contribution in [-0.2, 0) is 0 Å². The van der Waals surface area contributed by atoms with Gasteiger partial charge in [0.25, 0.3) is 0 Å². The molecule has 10 aromatic carbocycles. The lowest BCUT2D eigenvalue weighted by atomic mass is 9.97. The van der Waals surface area contributed by atoms with Gasteiger partial charge in [0.15, 0.2) is 0 Å². The predicted molar refractivity (Wildman–Crippen MR) is 270 cm³/mol. The molecule has 0 unspecified atom stereocenters. The van der Waals surface area contributed by atoms with Gasteiger partial charge < -0.3 is 19.4 Å². The van der Waals surface area contributed by atoms with Gasteiger partial charge in [-0.1, -0.05) is 146 Å². The molecule has 0 aliphatic heterocycles. The van der Waals surface area contributed by atoms with Gasteiger partial charge in [0, 0.05) is 66.9 Å². The van der Waals surface area contributed by atoms with Gasteiger partial charge in [0.1, 0.15) is 0 Å². The largest absolute Gasteiger partial charge is 0.355 e. The summed E-state index contributed by atoms with van der Waals surface area (Å²) in [7, 11) is 0. The minimum absolute atomic E-state index is 1.05. The van der Waals surface area contributed by atoms with Crippen molar-refractivity contribution in [1.29, 1.82) is 0 Å². The number of rotatable bonds is 9. The molecule has 0 amide bonds. The van der Waals surface area contributed by atoms with Crippen LogP contribution >= 0.6 is 0 Å². The summed E-state index contributed by atoms with van der Waals surface area (Å²) >= 11 is 0. The summed E-state index contributed by atoms with van der Waals surface area (Å²) in [5.41, 5.74) is 17.1. The summed E-state index contributed by atoms with van der Waals surface area (Å²) in [4.78, 5) is 2.35. The van der Waals surface area contributed by atoms with Crippen LogP contribution in [0.4, 0.5) is 28.4 Å². The number of hydrogen-bond donors (Lipinski definition) is 1. The Hall–Kier alpha value is -8.60. The van der Waals surface area contributed by atoms with E-state index < -0.39 is 0 Å². The van der Waals surface area contributed by atoms with Crippen molar-refractivity contribution in [2.45, 2.75) is 0 Å². The number of hydrogen-bond acceptors (Lipinski definition) is 2. The first-order valence-corrected chi connectivity index (χ1v) is 21.8. The van der Waals surface area contributed by atoms with Crippen LogP contribution in [0.15, 0.2) is 249 Å². The first-order chi connectivity index (χ1) is 31.7. The molecule has 1 N–H and O–H groups in total. The Morgan fingerprint density at radius 2 is 0.734 bits per heavy atom. The first kappa shape index (κ1) is 37.2. The Morgan fingerprint density at radius 1 is 0.297 bits per heavy atom. The first-order valence-electron chi connectivity index (χ1n) is 21.8. The summed E-state index contributed by atoms with van der Waals surface area (Å²) < 4.78 is 4.75. The Bertz CT molecular complexity index is 3590. The van der Waals surface area contributed by atoms with Crippen LogP contribution in [0, 0.1) is 0 Å². The zero-order valence-electron chi connectivity index (χ0n) is 35.0. The number of nitrogens with zero attached hydrogens (tertiary/aromatic N) is 3. The second-order valence-electron chi connectivity index (χ2n) is 16.3. The van der Waals surface area contributed by atoms with E-state index in [2.05, 4.69) is 268 Å². The smallest absolute Gasteiger partial charge is 0.0548 e. The fourth-order valence-corrected chi connectivity index (χ4v) is 9.51. The molecule has 0 saturated carbocycles. The lowest BCUT2D eigenvalue weighted by molar-refractivity contribution is 1.18. The summed E-state index contributed by atoms with van der Waals surface area (Å²) in [6.07, 6.45) is 0. The van der Waals surface area contributed by atoms with E-state index in [1.54, 1.807) is 0 Å². The van der Waals surface area contributed by atoms with Crippen LogP contribution in [0.3, 0.4) is 0 Å². The molecule has 4 nitrogen and oxygen atoms in total. The van der Waals surface area contributed by atoms with Crippen molar-refractivity contribution in [3.05, 3.63) is 249 Å². The SMILES string of the molecule is c1ccc(Nc2cc3c4ccccc4n(-c4ccccc4)c3cc2-c2ccc(-c3ccc(N(c4ccccc4)c4ccc5c(c4)c4ccccc4n5-c4ccccc4)cc3)cc2)cc1. The number of benzene rings is 10. The van der Waals surface area contributed by atoms with Crippen LogP contribution < -0.4 is 10.2 Å². The summed E-state index contributed by atoms with van der Waals surface area (Å²) in [6.45, 7) is 0. The average Bonchev–Trinajstić information content (AvgIpc) is 3.87. The maximum Gasteiger partial charge on any atom is 0.0548 e. The number of anilines is 5. The van der Waals surface area contributed by atoms with E-state index in [1.165, 1.54) is 43.6 Å². The van der Waals surface area contributed by atoms with Crippen LogP contribution in [0.1, 0.15) is 0 Å². The molecule has 12 aromatic rings. The fraction of sp³-hybridized carbons (Fsp3) is 0. The van der Waals surface area contributed by atoms with E-state index in [0.717, 1.165) is 62.1 Å². The van der Waals surface area contributed by atoms with Gasteiger partial charge in [-0.15, -0.1) is 0 Å². The molecule has 0 spiro atoms. The second kappa shape index (κ2) is 15.7. The quantitative estimate of drug-likeness (QED) is 0.157. The van der Waals surface area contributed by atoms with E-state index in [1.807, 2.05) is 0 Å². The van der Waals surface area contributed by atoms with Crippen molar-refractivity contribution < 1.29 is 0 Å². The van der Waals surface area contributed by atoms with E-state index in [0.29, 0.717) is 0 Å². The molecule has 12 rings (SSSR count). The Kier molecular flexibility index (Phi) is 9.12. The Labute approximate surface area is 372 Å². The predicted octanol–water partition coefficient (Wildman–Crippen LogP) is 16.4. The van der Waals surface area contributed by atoms with Gasteiger partial charge in [-0.05, 0) is 120 Å². The number of nitrogens with one attached hydrogen (secondary N) is 1. The molecule has 0 saturated heterocycles. The third kappa shape index (κ3) is 6.48. The van der Waals surface area contributed by atoms with Gasteiger partial charge in [0.2, 0.25) is 0 Å². The van der Waals surface area contributed by atoms with Crippen molar-refractivity contribution >= 4 is 72.0 Å². The van der Waals surface area contributed by atoms with Gasteiger partial charge in [-0.2, -0.15) is 0 Å². The number of aromatic nitrogens is 2. The molecule has 2 heterocycles. The highest BCUT2D eigenvalue weighted by Crippen LogP contribution is 2.42. The molecule has 2 aromatic heterocycles. The highest BCUT2D eigenvalue weighted by atomic mass is 15.1. The number of fused-ring (bicyclic) bond motifs is 6. The van der Waals surface area contributed by atoms with Crippen molar-refractivity contribution in [2.75, 3.05) is 10.2 Å². The van der Waals surface area contributed by atoms with Crippen LogP contribution in [0.25, 0.3) is 77.2 Å². The molecule has 0 aliphatic rings. The molecule has 0 aliphatic carbocycles. The van der Waals surface area contributed by atoms with E-state index in [4.69, 9.17) is 0 Å². The average molecular weight is 819 g/mol. The maximum absolute atomic E-state index is 3.78. The molecule has 0 radical (unpaired) electrons. The summed E-state index contributed by atoms with van der Waals surface area (Å²) in [5, 5.41) is 8.67. The van der Waals surface area contributed by atoms with Gasteiger partial charge in [0.05, 0.1) is 22.1 Å². The van der Waals surface area contributed by atoms with Crippen LogP contribution in [-0.4, -0.2) is 9.13 Å². The topological polar surface area (TPSA) is 25.1 Å².